The molecule has 17 heavy (non-hydrogen) atoms. The maximum Gasteiger partial charge on any atom is 0.118 e. The van der Waals surface area contributed by atoms with Gasteiger partial charge in [0.05, 0.1) is 7.11 Å². The first-order valence-corrected chi connectivity index (χ1v) is 6.31. The van der Waals surface area contributed by atoms with Crippen LogP contribution in [0.2, 0.25) is 0 Å². The summed E-state index contributed by atoms with van der Waals surface area (Å²) in [4.78, 5) is 1.15. The molecular weight excluding hydrogens is 232 g/mol. The van der Waals surface area contributed by atoms with Gasteiger partial charge < -0.3 is 9.84 Å². The van der Waals surface area contributed by atoms with E-state index in [0.717, 1.165) is 16.4 Å². The second-order valence-electron chi connectivity index (χ2n) is 3.63. The van der Waals surface area contributed by atoms with Gasteiger partial charge in [-0.15, -0.1) is 11.8 Å². The summed E-state index contributed by atoms with van der Waals surface area (Å²) < 4.78 is 5.11. The molecule has 0 heterocycles. The largest absolute Gasteiger partial charge is 0.508 e. The third-order valence-electron chi connectivity index (χ3n) is 2.40. The molecule has 2 rings (SSSR count). The van der Waals surface area contributed by atoms with Gasteiger partial charge in [0.25, 0.3) is 0 Å². The van der Waals surface area contributed by atoms with E-state index in [1.54, 1.807) is 31.0 Å². The molecule has 0 spiro atoms. The van der Waals surface area contributed by atoms with E-state index >= 15 is 0 Å². The number of ether oxygens (including phenoxy) is 1. The lowest BCUT2D eigenvalue weighted by Crippen LogP contribution is -1.84. The van der Waals surface area contributed by atoms with Gasteiger partial charge >= 0.3 is 0 Å². The van der Waals surface area contributed by atoms with E-state index in [2.05, 4.69) is 12.1 Å². The third kappa shape index (κ3) is 3.43. The highest BCUT2D eigenvalue weighted by molar-refractivity contribution is 7.98. The van der Waals surface area contributed by atoms with Gasteiger partial charge in [0.15, 0.2) is 0 Å². The summed E-state index contributed by atoms with van der Waals surface area (Å²) in [6, 6.07) is 15.3. The molecule has 0 saturated carbocycles. The Morgan fingerprint density at radius 3 is 2.24 bits per heavy atom. The van der Waals surface area contributed by atoms with Crippen molar-refractivity contribution in [1.29, 1.82) is 0 Å². The summed E-state index contributed by atoms with van der Waals surface area (Å²) in [5.74, 6) is 2.09. The van der Waals surface area contributed by atoms with Crippen LogP contribution in [0.5, 0.6) is 11.5 Å². The zero-order chi connectivity index (χ0) is 12.1. The van der Waals surface area contributed by atoms with Crippen LogP contribution in [0.3, 0.4) is 0 Å². The molecule has 0 aliphatic heterocycles. The van der Waals surface area contributed by atoms with Crippen LogP contribution < -0.4 is 4.74 Å². The predicted octanol–water partition coefficient (Wildman–Crippen LogP) is 3.69. The summed E-state index contributed by atoms with van der Waals surface area (Å²) in [6.45, 7) is 0. The first-order chi connectivity index (χ1) is 8.28. The van der Waals surface area contributed by atoms with E-state index in [1.165, 1.54) is 5.56 Å². The van der Waals surface area contributed by atoms with Gasteiger partial charge in [-0.25, -0.2) is 0 Å². The molecular formula is C14H14O2S. The van der Waals surface area contributed by atoms with Gasteiger partial charge in [-0.2, -0.15) is 0 Å². The van der Waals surface area contributed by atoms with Crippen LogP contribution in [0, 0.1) is 0 Å². The SMILES string of the molecule is COc1ccc(CSc2ccc(O)cc2)cc1. The first kappa shape index (κ1) is 11.9. The molecule has 0 radical (unpaired) electrons. The Hall–Kier alpha value is -1.61. The van der Waals surface area contributed by atoms with Gasteiger partial charge in [0.2, 0.25) is 0 Å². The molecule has 0 saturated heterocycles. The molecule has 0 bridgehead atoms. The molecule has 0 aromatic heterocycles. The lowest BCUT2D eigenvalue weighted by atomic mass is 10.2. The van der Waals surface area contributed by atoms with E-state index in [0.29, 0.717) is 5.75 Å². The van der Waals surface area contributed by atoms with E-state index < -0.39 is 0 Å². The fourth-order valence-electron chi connectivity index (χ4n) is 1.43. The maximum atomic E-state index is 9.18. The molecule has 2 nitrogen and oxygen atoms in total. The quantitative estimate of drug-likeness (QED) is 0.834. The average molecular weight is 246 g/mol. The lowest BCUT2D eigenvalue weighted by Gasteiger charge is -2.04. The second-order valence-corrected chi connectivity index (χ2v) is 4.68. The maximum absolute atomic E-state index is 9.18. The van der Waals surface area contributed by atoms with E-state index in [4.69, 9.17) is 4.74 Å². The van der Waals surface area contributed by atoms with E-state index in [9.17, 15) is 5.11 Å². The fraction of sp³-hybridized carbons (Fsp3) is 0.143. The van der Waals surface area contributed by atoms with Gasteiger partial charge in [-0.05, 0) is 42.0 Å². The first-order valence-electron chi connectivity index (χ1n) is 5.33. The highest BCUT2D eigenvalue weighted by Crippen LogP contribution is 2.25. The number of phenols is 1. The number of benzene rings is 2. The Kier molecular flexibility index (Phi) is 3.94. The van der Waals surface area contributed by atoms with Crippen molar-refractivity contribution in [3.63, 3.8) is 0 Å². The Bertz CT molecular complexity index is 463. The Morgan fingerprint density at radius 2 is 1.65 bits per heavy atom. The number of hydrogen-bond donors (Lipinski definition) is 1. The van der Waals surface area contributed by atoms with Crippen LogP contribution in [0.15, 0.2) is 53.4 Å². The minimum atomic E-state index is 0.304. The van der Waals surface area contributed by atoms with Crippen LogP contribution in [0.25, 0.3) is 0 Å². The van der Waals surface area contributed by atoms with Crippen molar-refractivity contribution in [3.05, 3.63) is 54.1 Å². The van der Waals surface area contributed by atoms with Gasteiger partial charge in [0.1, 0.15) is 11.5 Å². The Labute approximate surface area is 105 Å². The molecule has 0 aliphatic rings. The normalized spacial score (nSPS) is 10.2. The summed E-state index contributed by atoms with van der Waals surface area (Å²) >= 11 is 1.74. The molecule has 0 amide bonds. The van der Waals surface area contributed by atoms with Crippen molar-refractivity contribution in [2.75, 3.05) is 7.11 Å². The van der Waals surface area contributed by atoms with Crippen molar-refractivity contribution in [2.24, 2.45) is 0 Å². The summed E-state index contributed by atoms with van der Waals surface area (Å²) in [7, 11) is 1.67. The molecule has 0 atom stereocenters. The fourth-order valence-corrected chi connectivity index (χ4v) is 2.29. The number of aromatic hydroxyl groups is 1. The van der Waals surface area contributed by atoms with Crippen molar-refractivity contribution in [3.8, 4) is 11.5 Å². The topological polar surface area (TPSA) is 29.5 Å². The molecule has 2 aromatic carbocycles. The minimum absolute atomic E-state index is 0.304. The van der Waals surface area contributed by atoms with Crippen molar-refractivity contribution < 1.29 is 9.84 Å². The highest BCUT2D eigenvalue weighted by atomic mass is 32.2. The summed E-state index contributed by atoms with van der Waals surface area (Å²) in [5.41, 5.74) is 1.25. The van der Waals surface area contributed by atoms with E-state index in [1.807, 2.05) is 24.3 Å². The average Bonchev–Trinajstić information content (AvgIpc) is 2.39. The molecule has 2 aromatic rings. The number of thioether (sulfide) groups is 1. The van der Waals surface area contributed by atoms with Crippen LogP contribution >= 0.6 is 11.8 Å². The molecule has 0 fully saturated rings. The van der Waals surface area contributed by atoms with Crippen LogP contribution in [-0.2, 0) is 5.75 Å². The third-order valence-corrected chi connectivity index (χ3v) is 3.48. The van der Waals surface area contributed by atoms with Crippen molar-refractivity contribution in [1.82, 2.24) is 0 Å². The zero-order valence-corrected chi connectivity index (χ0v) is 10.4. The number of hydrogen-bond acceptors (Lipinski definition) is 3. The van der Waals surface area contributed by atoms with Crippen LogP contribution in [0.1, 0.15) is 5.56 Å². The van der Waals surface area contributed by atoms with Crippen molar-refractivity contribution in [2.45, 2.75) is 10.6 Å². The predicted molar refractivity (Wildman–Crippen MR) is 70.7 cm³/mol. The Balaban J connectivity index is 1.95. The minimum Gasteiger partial charge on any atom is -0.508 e. The monoisotopic (exact) mass is 246 g/mol. The summed E-state index contributed by atoms with van der Waals surface area (Å²) in [6.07, 6.45) is 0. The molecule has 1 N–H and O–H groups in total. The van der Waals surface area contributed by atoms with Crippen LogP contribution in [-0.4, -0.2) is 12.2 Å². The standard InChI is InChI=1S/C14H14O2S/c1-16-13-6-2-11(3-7-13)10-17-14-8-4-12(15)5-9-14/h2-9,15H,10H2,1H3. The molecule has 0 unspecified atom stereocenters. The summed E-state index contributed by atoms with van der Waals surface area (Å²) in [5, 5.41) is 9.18. The second kappa shape index (κ2) is 5.64. The van der Waals surface area contributed by atoms with Crippen LogP contribution in [0.4, 0.5) is 0 Å². The number of phenolic OH excluding ortho intramolecular Hbond substituents is 1. The molecule has 0 aliphatic carbocycles. The Morgan fingerprint density at radius 1 is 1.00 bits per heavy atom. The molecule has 88 valence electrons. The smallest absolute Gasteiger partial charge is 0.118 e. The molecule has 3 heteroatoms. The van der Waals surface area contributed by atoms with Gasteiger partial charge in [-0.3, -0.25) is 0 Å². The zero-order valence-electron chi connectivity index (χ0n) is 9.59. The number of methoxy groups -OCH3 is 1. The van der Waals surface area contributed by atoms with E-state index in [-0.39, 0.29) is 0 Å². The van der Waals surface area contributed by atoms with Gasteiger partial charge in [0, 0.05) is 10.6 Å². The van der Waals surface area contributed by atoms with Crippen molar-refractivity contribution >= 4 is 11.8 Å². The lowest BCUT2D eigenvalue weighted by molar-refractivity contribution is 0.414. The highest BCUT2D eigenvalue weighted by Gasteiger charge is 1.97. The van der Waals surface area contributed by atoms with Gasteiger partial charge in [-0.1, -0.05) is 12.1 Å². The number of rotatable bonds is 4.